The number of carboxylic acid groups (broad SMARTS) is 1. The summed E-state index contributed by atoms with van der Waals surface area (Å²) in [6.07, 6.45) is -0.619. The number of aliphatic hydroxyl groups excluding tert-OH is 1. The molecule has 0 spiro atoms. The van der Waals surface area contributed by atoms with Gasteiger partial charge in [0.15, 0.2) is 0 Å². The summed E-state index contributed by atoms with van der Waals surface area (Å²) in [4.78, 5) is 38.0. The highest BCUT2D eigenvalue weighted by Gasteiger charge is 2.32. The lowest BCUT2D eigenvalue weighted by Gasteiger charge is -2.34. The third kappa shape index (κ3) is 11.2. The van der Waals surface area contributed by atoms with Crippen LogP contribution in [0.15, 0.2) is 0 Å². The number of carbonyl (C=O) groups excluding carboxylic acids is 2. The molecule has 0 aliphatic carbocycles. The highest BCUT2D eigenvalue weighted by molar-refractivity contribution is 5.83. The van der Waals surface area contributed by atoms with E-state index in [0.717, 1.165) is 0 Å². The van der Waals surface area contributed by atoms with Gasteiger partial charge in [-0.05, 0) is 52.9 Å². The molecule has 9 heteroatoms. The number of nitrogens with zero attached hydrogens (tertiary/aromatic N) is 1. The Kier molecular flexibility index (Phi) is 11.9. The van der Waals surface area contributed by atoms with E-state index in [1.807, 2.05) is 20.8 Å². The highest BCUT2D eigenvalue weighted by atomic mass is 16.6. The quantitative estimate of drug-likeness (QED) is 0.387. The Bertz CT molecular complexity index is 588. The van der Waals surface area contributed by atoms with Crippen LogP contribution in [0.4, 0.5) is 9.59 Å². The van der Waals surface area contributed by atoms with Gasteiger partial charge in [-0.3, -0.25) is 0 Å². The smallest absolute Gasteiger partial charge is 0.407 e. The minimum Gasteiger partial charge on any atom is -0.480 e. The van der Waals surface area contributed by atoms with Gasteiger partial charge in [0.05, 0.1) is 18.7 Å². The largest absolute Gasteiger partial charge is 0.480 e. The fourth-order valence-electron chi connectivity index (χ4n) is 3.04. The van der Waals surface area contributed by atoms with Crippen LogP contribution in [0.5, 0.6) is 0 Å². The molecule has 0 fully saturated rings. The van der Waals surface area contributed by atoms with E-state index in [2.05, 4.69) is 10.6 Å². The number of rotatable bonds is 11. The Balaban J connectivity index is 5.41. The second-order valence-corrected chi connectivity index (χ2v) is 9.85. The van der Waals surface area contributed by atoms with Gasteiger partial charge in [0.2, 0.25) is 0 Å². The molecule has 0 aliphatic heterocycles. The number of hydrogen-bond donors (Lipinski definition) is 4. The maximum absolute atomic E-state index is 12.8. The van der Waals surface area contributed by atoms with Gasteiger partial charge in [0.1, 0.15) is 11.6 Å². The molecule has 0 radical (unpaired) electrons. The van der Waals surface area contributed by atoms with Crippen molar-refractivity contribution in [2.24, 2.45) is 11.8 Å². The number of urea groups is 1. The Morgan fingerprint density at radius 1 is 1.03 bits per heavy atom. The van der Waals surface area contributed by atoms with Gasteiger partial charge in [-0.15, -0.1) is 0 Å². The topological polar surface area (TPSA) is 128 Å². The first kappa shape index (κ1) is 29.0. The number of alkyl carbamates (subject to hydrolysis) is 1. The molecule has 0 bridgehead atoms. The highest BCUT2D eigenvalue weighted by Crippen LogP contribution is 2.15. The van der Waals surface area contributed by atoms with Crippen molar-refractivity contribution >= 4 is 18.1 Å². The lowest BCUT2D eigenvalue weighted by atomic mass is 9.98. The van der Waals surface area contributed by atoms with Gasteiger partial charge in [-0.25, -0.2) is 14.4 Å². The lowest BCUT2D eigenvalue weighted by Crippen LogP contribution is -2.56. The zero-order chi connectivity index (χ0) is 24.5. The van der Waals surface area contributed by atoms with Crippen LogP contribution in [0, 0.1) is 11.8 Å². The first-order valence-electron chi connectivity index (χ1n) is 11.1. The molecule has 0 aliphatic rings. The molecular formula is C22H43N3O6. The molecular weight excluding hydrogens is 402 g/mol. The van der Waals surface area contributed by atoms with E-state index >= 15 is 0 Å². The van der Waals surface area contributed by atoms with Crippen LogP contribution in [0.1, 0.15) is 75.2 Å². The standard InChI is InChI=1S/C22H43N3O6/c1-10-15(6)18(19(27)28)24-20(29)25(14(4)5)12-17(26)16(11-13(2)3)23-21(30)31-22(7,8)9/h13-18,26H,10-12H2,1-9H3,(H,23,30)(H,24,29)(H,27,28)/t15?,16-,17?,18-/m0/s1. The molecule has 0 aromatic heterocycles. The summed E-state index contributed by atoms with van der Waals surface area (Å²) in [6, 6.07) is -2.51. The van der Waals surface area contributed by atoms with Gasteiger partial charge >= 0.3 is 18.1 Å². The Morgan fingerprint density at radius 3 is 1.97 bits per heavy atom. The summed E-state index contributed by atoms with van der Waals surface area (Å²) in [7, 11) is 0. The van der Waals surface area contributed by atoms with Crippen molar-refractivity contribution in [1.82, 2.24) is 15.5 Å². The Labute approximate surface area is 186 Å². The normalized spacial score (nSPS) is 15.7. The van der Waals surface area contributed by atoms with Crippen LogP contribution >= 0.6 is 0 Å². The summed E-state index contributed by atoms with van der Waals surface area (Å²) >= 11 is 0. The Morgan fingerprint density at radius 2 is 1.58 bits per heavy atom. The third-order valence-electron chi connectivity index (χ3n) is 4.92. The summed E-state index contributed by atoms with van der Waals surface area (Å²) in [5, 5.41) is 25.6. The maximum atomic E-state index is 12.8. The predicted octanol–water partition coefficient (Wildman–Crippen LogP) is 3.21. The molecule has 0 aromatic carbocycles. The fourth-order valence-corrected chi connectivity index (χ4v) is 3.04. The molecule has 0 saturated carbocycles. The van der Waals surface area contributed by atoms with Crippen molar-refractivity contribution in [3.63, 3.8) is 0 Å². The van der Waals surface area contributed by atoms with Gasteiger partial charge in [0.25, 0.3) is 0 Å². The molecule has 9 nitrogen and oxygen atoms in total. The predicted molar refractivity (Wildman–Crippen MR) is 120 cm³/mol. The molecule has 0 aromatic rings. The van der Waals surface area contributed by atoms with Gasteiger partial charge in [0, 0.05) is 6.04 Å². The molecule has 182 valence electrons. The van der Waals surface area contributed by atoms with Crippen molar-refractivity contribution < 1.29 is 29.3 Å². The van der Waals surface area contributed by atoms with Crippen molar-refractivity contribution in [3.8, 4) is 0 Å². The molecule has 0 heterocycles. The molecule has 4 atom stereocenters. The summed E-state index contributed by atoms with van der Waals surface area (Å²) in [5.74, 6) is -1.17. The van der Waals surface area contributed by atoms with Gasteiger partial charge in [-0.1, -0.05) is 34.1 Å². The van der Waals surface area contributed by atoms with Crippen LogP contribution in [0.25, 0.3) is 0 Å². The Hall–Kier alpha value is -2.03. The van der Waals surface area contributed by atoms with Gasteiger partial charge < -0.3 is 30.5 Å². The molecule has 3 amide bonds. The van der Waals surface area contributed by atoms with Crippen molar-refractivity contribution in [2.45, 2.75) is 105 Å². The summed E-state index contributed by atoms with van der Waals surface area (Å²) in [6.45, 7) is 16.3. The van der Waals surface area contributed by atoms with Crippen LogP contribution in [0.3, 0.4) is 0 Å². The van der Waals surface area contributed by atoms with E-state index in [4.69, 9.17) is 4.74 Å². The van der Waals surface area contributed by atoms with Crippen molar-refractivity contribution in [2.75, 3.05) is 6.54 Å². The number of hydrogen-bond acceptors (Lipinski definition) is 5. The van der Waals surface area contributed by atoms with E-state index in [-0.39, 0.29) is 24.4 Å². The molecule has 2 unspecified atom stereocenters. The summed E-state index contributed by atoms with van der Waals surface area (Å²) in [5.41, 5.74) is -0.677. The van der Waals surface area contributed by atoms with E-state index in [9.17, 15) is 24.6 Å². The van der Waals surface area contributed by atoms with E-state index in [0.29, 0.717) is 12.8 Å². The average molecular weight is 446 g/mol. The van der Waals surface area contributed by atoms with Crippen molar-refractivity contribution in [3.05, 3.63) is 0 Å². The number of nitrogens with one attached hydrogen (secondary N) is 2. The monoisotopic (exact) mass is 445 g/mol. The number of aliphatic carboxylic acids is 1. The van der Waals surface area contributed by atoms with E-state index < -0.39 is 41.9 Å². The van der Waals surface area contributed by atoms with Crippen LogP contribution in [-0.4, -0.2) is 69.6 Å². The van der Waals surface area contributed by atoms with Crippen LogP contribution < -0.4 is 10.6 Å². The van der Waals surface area contributed by atoms with E-state index in [1.165, 1.54) is 4.90 Å². The number of amides is 3. The summed E-state index contributed by atoms with van der Waals surface area (Å²) < 4.78 is 5.30. The minimum absolute atomic E-state index is 0.0659. The number of ether oxygens (including phenoxy) is 1. The fraction of sp³-hybridized carbons (Fsp3) is 0.864. The minimum atomic E-state index is -1.10. The van der Waals surface area contributed by atoms with E-state index in [1.54, 1.807) is 41.5 Å². The second-order valence-electron chi connectivity index (χ2n) is 9.85. The SMILES string of the molecule is CCC(C)[C@H](NC(=O)N(CC(O)[C@H](CC(C)C)NC(=O)OC(C)(C)C)C(C)C)C(=O)O. The molecule has 4 N–H and O–H groups in total. The second kappa shape index (κ2) is 12.7. The molecule has 31 heavy (non-hydrogen) atoms. The number of carbonyl (C=O) groups is 3. The molecule has 0 saturated heterocycles. The average Bonchev–Trinajstić information content (AvgIpc) is 2.59. The number of aliphatic hydroxyl groups is 1. The zero-order valence-corrected chi connectivity index (χ0v) is 20.6. The lowest BCUT2D eigenvalue weighted by molar-refractivity contribution is -0.140. The molecule has 0 rings (SSSR count). The van der Waals surface area contributed by atoms with Crippen LogP contribution in [-0.2, 0) is 9.53 Å². The first-order chi connectivity index (χ1) is 14.1. The van der Waals surface area contributed by atoms with Gasteiger partial charge in [-0.2, -0.15) is 0 Å². The van der Waals surface area contributed by atoms with Crippen LogP contribution in [0.2, 0.25) is 0 Å². The maximum Gasteiger partial charge on any atom is 0.407 e. The zero-order valence-electron chi connectivity index (χ0n) is 20.6. The third-order valence-corrected chi connectivity index (χ3v) is 4.92. The van der Waals surface area contributed by atoms with Crippen molar-refractivity contribution in [1.29, 1.82) is 0 Å². The first-order valence-corrected chi connectivity index (χ1v) is 11.1. The number of carboxylic acids is 1.